The Bertz CT molecular complexity index is 688. The first-order chi connectivity index (χ1) is 11.4. The van der Waals surface area contributed by atoms with Crippen molar-refractivity contribution in [2.75, 3.05) is 18.0 Å². The fraction of sp³-hybridized carbons (Fsp3) is 0.300. The molecular weight excluding hydrogens is 282 g/mol. The number of aromatic nitrogens is 1. The maximum Gasteiger partial charge on any atom is 0.101 e. The fourth-order valence-electron chi connectivity index (χ4n) is 2.96. The Morgan fingerprint density at radius 1 is 1.00 bits per heavy atom. The average Bonchev–Trinajstić information content (AvgIpc) is 2.90. The van der Waals surface area contributed by atoms with Crippen LogP contribution in [0.15, 0.2) is 48.7 Å². The van der Waals surface area contributed by atoms with Gasteiger partial charge in [-0.05, 0) is 48.7 Å². The van der Waals surface area contributed by atoms with Gasteiger partial charge in [0.2, 0.25) is 0 Å². The summed E-state index contributed by atoms with van der Waals surface area (Å²) >= 11 is 0. The van der Waals surface area contributed by atoms with Crippen molar-refractivity contribution < 1.29 is 0 Å². The van der Waals surface area contributed by atoms with Crippen LogP contribution < -0.4 is 4.90 Å². The maximum absolute atomic E-state index is 9.36. The molecule has 1 saturated heterocycles. The molecule has 23 heavy (non-hydrogen) atoms. The Hall–Kier alpha value is -2.60. The van der Waals surface area contributed by atoms with Crippen LogP contribution in [-0.2, 0) is 0 Å². The minimum Gasteiger partial charge on any atom is -0.372 e. The molecule has 1 fully saturated rings. The summed E-state index contributed by atoms with van der Waals surface area (Å²) in [6.07, 6.45) is 8.84. The SMILES string of the molecule is N#C/C(=C\c1ccc(N2CCCCCC2)cc1)c1ccccn1. The Labute approximate surface area is 137 Å². The van der Waals surface area contributed by atoms with Crippen LogP contribution in [0.4, 0.5) is 5.69 Å². The molecular formula is C20H21N3. The second-order valence-corrected chi connectivity index (χ2v) is 5.88. The predicted molar refractivity (Wildman–Crippen MR) is 94.8 cm³/mol. The molecule has 3 heteroatoms. The normalized spacial score (nSPS) is 15.8. The molecule has 2 heterocycles. The van der Waals surface area contributed by atoms with Crippen LogP contribution in [0.5, 0.6) is 0 Å². The van der Waals surface area contributed by atoms with Crippen LogP contribution in [0.3, 0.4) is 0 Å². The Morgan fingerprint density at radius 2 is 1.74 bits per heavy atom. The second-order valence-electron chi connectivity index (χ2n) is 5.88. The van der Waals surface area contributed by atoms with E-state index in [2.05, 4.69) is 40.2 Å². The van der Waals surface area contributed by atoms with Crippen LogP contribution in [0.1, 0.15) is 36.9 Å². The molecule has 0 unspecified atom stereocenters. The predicted octanol–water partition coefficient (Wildman–Crippen LogP) is 4.53. The summed E-state index contributed by atoms with van der Waals surface area (Å²) in [5.74, 6) is 0. The van der Waals surface area contributed by atoms with Gasteiger partial charge in [0.15, 0.2) is 0 Å². The second kappa shape index (κ2) is 7.60. The highest BCUT2D eigenvalue weighted by Gasteiger charge is 2.09. The molecule has 1 aromatic carbocycles. The van der Waals surface area contributed by atoms with E-state index in [0.717, 1.165) is 18.7 Å². The number of rotatable bonds is 3. The van der Waals surface area contributed by atoms with Crippen LogP contribution >= 0.6 is 0 Å². The van der Waals surface area contributed by atoms with Gasteiger partial charge >= 0.3 is 0 Å². The van der Waals surface area contributed by atoms with Crippen molar-refractivity contribution in [1.82, 2.24) is 4.98 Å². The van der Waals surface area contributed by atoms with Gasteiger partial charge in [0.1, 0.15) is 6.07 Å². The number of pyridine rings is 1. The van der Waals surface area contributed by atoms with Crippen molar-refractivity contribution in [2.24, 2.45) is 0 Å². The highest BCUT2D eigenvalue weighted by molar-refractivity contribution is 5.88. The summed E-state index contributed by atoms with van der Waals surface area (Å²) in [5.41, 5.74) is 3.62. The molecule has 0 spiro atoms. The van der Waals surface area contributed by atoms with Gasteiger partial charge in [-0.2, -0.15) is 5.26 Å². The van der Waals surface area contributed by atoms with E-state index >= 15 is 0 Å². The molecule has 3 nitrogen and oxygen atoms in total. The maximum atomic E-state index is 9.36. The minimum atomic E-state index is 0.591. The average molecular weight is 303 g/mol. The number of hydrogen-bond acceptors (Lipinski definition) is 3. The number of allylic oxidation sites excluding steroid dienone is 1. The molecule has 1 aliphatic heterocycles. The molecule has 0 radical (unpaired) electrons. The monoisotopic (exact) mass is 303 g/mol. The zero-order chi connectivity index (χ0) is 15.9. The zero-order valence-corrected chi connectivity index (χ0v) is 13.3. The number of benzene rings is 1. The summed E-state index contributed by atoms with van der Waals surface area (Å²) in [6.45, 7) is 2.29. The van der Waals surface area contributed by atoms with Crippen molar-refractivity contribution in [3.8, 4) is 6.07 Å². The number of nitriles is 1. The summed E-state index contributed by atoms with van der Waals surface area (Å²) in [5, 5.41) is 9.36. The summed E-state index contributed by atoms with van der Waals surface area (Å²) in [4.78, 5) is 6.71. The standard InChI is InChI=1S/C20H21N3/c21-16-18(20-7-3-4-12-22-20)15-17-8-10-19(11-9-17)23-13-5-1-2-6-14-23/h3-4,7-12,15H,1-2,5-6,13-14H2/b18-15+. The summed E-state index contributed by atoms with van der Waals surface area (Å²) in [6, 6.07) is 16.3. The molecule has 1 aromatic heterocycles. The molecule has 3 rings (SSSR count). The topological polar surface area (TPSA) is 39.9 Å². The van der Waals surface area contributed by atoms with E-state index in [9.17, 15) is 5.26 Å². The van der Waals surface area contributed by atoms with E-state index in [-0.39, 0.29) is 0 Å². The Balaban J connectivity index is 1.79. The quantitative estimate of drug-likeness (QED) is 0.782. The van der Waals surface area contributed by atoms with Crippen LogP contribution in [0.2, 0.25) is 0 Å². The molecule has 2 aromatic rings. The lowest BCUT2D eigenvalue weighted by molar-refractivity contribution is 0.726. The van der Waals surface area contributed by atoms with Crippen molar-refractivity contribution in [3.63, 3.8) is 0 Å². The van der Waals surface area contributed by atoms with E-state index in [1.165, 1.54) is 31.4 Å². The van der Waals surface area contributed by atoms with Crippen molar-refractivity contribution >= 4 is 17.3 Å². The van der Waals surface area contributed by atoms with Crippen molar-refractivity contribution in [2.45, 2.75) is 25.7 Å². The van der Waals surface area contributed by atoms with Crippen LogP contribution in [0.25, 0.3) is 11.6 Å². The van der Waals surface area contributed by atoms with Gasteiger partial charge in [-0.1, -0.05) is 31.0 Å². The Kier molecular flexibility index (Phi) is 5.06. The highest BCUT2D eigenvalue weighted by Crippen LogP contribution is 2.22. The summed E-state index contributed by atoms with van der Waals surface area (Å²) in [7, 11) is 0. The lowest BCUT2D eigenvalue weighted by Crippen LogP contribution is -2.23. The van der Waals surface area contributed by atoms with Gasteiger partial charge in [0.05, 0.1) is 11.3 Å². The molecule has 116 valence electrons. The number of anilines is 1. The lowest BCUT2D eigenvalue weighted by atomic mass is 10.1. The molecule has 0 atom stereocenters. The van der Waals surface area contributed by atoms with Gasteiger partial charge < -0.3 is 4.90 Å². The fourth-order valence-corrected chi connectivity index (χ4v) is 2.96. The van der Waals surface area contributed by atoms with E-state index in [0.29, 0.717) is 11.3 Å². The van der Waals surface area contributed by atoms with E-state index < -0.39 is 0 Å². The van der Waals surface area contributed by atoms with E-state index in [1.807, 2.05) is 24.3 Å². The molecule has 0 aliphatic carbocycles. The van der Waals surface area contributed by atoms with E-state index in [4.69, 9.17) is 0 Å². The third kappa shape index (κ3) is 3.98. The zero-order valence-electron chi connectivity index (χ0n) is 13.3. The van der Waals surface area contributed by atoms with Gasteiger partial charge in [0, 0.05) is 25.0 Å². The van der Waals surface area contributed by atoms with Crippen LogP contribution in [0, 0.1) is 11.3 Å². The van der Waals surface area contributed by atoms with Gasteiger partial charge in [-0.15, -0.1) is 0 Å². The third-order valence-corrected chi connectivity index (χ3v) is 4.24. The minimum absolute atomic E-state index is 0.591. The third-order valence-electron chi connectivity index (χ3n) is 4.24. The highest BCUT2D eigenvalue weighted by atomic mass is 15.1. The first kappa shape index (κ1) is 15.3. The van der Waals surface area contributed by atoms with E-state index in [1.54, 1.807) is 6.20 Å². The lowest BCUT2D eigenvalue weighted by Gasteiger charge is -2.22. The molecule has 0 N–H and O–H groups in total. The van der Waals surface area contributed by atoms with Crippen LogP contribution in [-0.4, -0.2) is 18.1 Å². The first-order valence-electron chi connectivity index (χ1n) is 8.25. The number of nitrogens with zero attached hydrogens (tertiary/aromatic N) is 3. The van der Waals surface area contributed by atoms with Gasteiger partial charge in [-0.25, -0.2) is 0 Å². The number of hydrogen-bond donors (Lipinski definition) is 0. The Morgan fingerprint density at radius 3 is 2.35 bits per heavy atom. The molecule has 0 bridgehead atoms. The molecule has 0 saturated carbocycles. The smallest absolute Gasteiger partial charge is 0.101 e. The van der Waals surface area contributed by atoms with Crippen molar-refractivity contribution in [1.29, 1.82) is 5.26 Å². The largest absolute Gasteiger partial charge is 0.372 e. The summed E-state index contributed by atoms with van der Waals surface area (Å²) < 4.78 is 0. The molecule has 0 amide bonds. The van der Waals surface area contributed by atoms with Gasteiger partial charge in [0.25, 0.3) is 0 Å². The van der Waals surface area contributed by atoms with Crippen molar-refractivity contribution in [3.05, 3.63) is 59.9 Å². The molecule has 1 aliphatic rings. The van der Waals surface area contributed by atoms with Gasteiger partial charge in [-0.3, -0.25) is 4.98 Å². The first-order valence-corrected chi connectivity index (χ1v) is 8.25.